The minimum atomic E-state index is -4.39. The first-order chi connectivity index (χ1) is 13.6. The summed E-state index contributed by atoms with van der Waals surface area (Å²) in [5.74, 6) is -0.489. The second-order valence-electron chi connectivity index (χ2n) is 7.19. The smallest absolute Gasteiger partial charge is 0.369 e. The van der Waals surface area contributed by atoms with Crippen LogP contribution in [0.15, 0.2) is 21.9 Å². The minimum absolute atomic E-state index is 0.122. The lowest BCUT2D eigenvalue weighted by atomic mass is 9.92. The first-order valence-corrected chi connectivity index (χ1v) is 9.12. The molecule has 1 aliphatic rings. The molecule has 1 aliphatic carbocycles. The van der Waals surface area contributed by atoms with Crippen LogP contribution in [0.2, 0.25) is 0 Å². The number of carbonyl (C=O) groups is 1. The molecule has 1 N–H and O–H groups in total. The van der Waals surface area contributed by atoms with Gasteiger partial charge in [-0.3, -0.25) is 18.7 Å². The average Bonchev–Trinajstić information content (AvgIpc) is 2.68. The van der Waals surface area contributed by atoms with Crippen molar-refractivity contribution in [2.24, 2.45) is 14.1 Å². The Morgan fingerprint density at radius 1 is 1.28 bits per heavy atom. The zero-order valence-electron chi connectivity index (χ0n) is 16.0. The standard InChI is InChI=1S/C18H21F3N4O4/c1-24-14-13(16(27)25(2)17(24)28)6-10(8-22-14)15(26)23-11-4-3-5-12(7-11)29-9-18(19,20)21/h6,8,11-12H,3-5,7,9H2,1-2H3,(H,23,26)/t11-,12-/m0/s1. The topological polar surface area (TPSA) is 95.2 Å². The molecule has 29 heavy (non-hydrogen) atoms. The number of aromatic nitrogens is 3. The monoisotopic (exact) mass is 414 g/mol. The maximum atomic E-state index is 12.6. The first kappa shape index (κ1) is 21.0. The molecule has 0 saturated heterocycles. The van der Waals surface area contributed by atoms with Gasteiger partial charge < -0.3 is 10.1 Å². The van der Waals surface area contributed by atoms with Crippen molar-refractivity contribution in [1.82, 2.24) is 19.4 Å². The fraction of sp³-hybridized carbons (Fsp3) is 0.556. The van der Waals surface area contributed by atoms with Gasteiger partial charge >= 0.3 is 11.9 Å². The Hall–Kier alpha value is -2.69. The predicted octanol–water partition coefficient (Wildman–Crippen LogP) is 1.25. The van der Waals surface area contributed by atoms with Gasteiger partial charge in [0, 0.05) is 26.3 Å². The summed E-state index contributed by atoms with van der Waals surface area (Å²) in [6, 6.07) is 1.02. The number of rotatable bonds is 4. The van der Waals surface area contributed by atoms with Crippen LogP contribution in [0, 0.1) is 0 Å². The van der Waals surface area contributed by atoms with E-state index in [1.54, 1.807) is 0 Å². The van der Waals surface area contributed by atoms with E-state index in [0.717, 1.165) is 4.57 Å². The van der Waals surface area contributed by atoms with Crippen LogP contribution in [0.25, 0.3) is 11.0 Å². The third-order valence-electron chi connectivity index (χ3n) is 5.00. The molecule has 8 nitrogen and oxygen atoms in total. The van der Waals surface area contributed by atoms with Crippen LogP contribution in [-0.2, 0) is 18.8 Å². The van der Waals surface area contributed by atoms with Gasteiger partial charge in [0.2, 0.25) is 0 Å². The van der Waals surface area contributed by atoms with Gasteiger partial charge in [0.1, 0.15) is 12.3 Å². The molecular formula is C18H21F3N4O4. The van der Waals surface area contributed by atoms with Crippen LogP contribution in [-0.4, -0.2) is 45.0 Å². The van der Waals surface area contributed by atoms with Crippen molar-refractivity contribution in [3.05, 3.63) is 38.7 Å². The number of carbonyl (C=O) groups excluding carboxylic acids is 1. The molecule has 1 saturated carbocycles. The number of fused-ring (bicyclic) bond motifs is 1. The number of nitrogens with one attached hydrogen (secondary N) is 1. The number of aryl methyl sites for hydroxylation is 1. The van der Waals surface area contributed by atoms with E-state index in [-0.39, 0.29) is 29.1 Å². The van der Waals surface area contributed by atoms with E-state index in [0.29, 0.717) is 19.3 Å². The highest BCUT2D eigenvalue weighted by Crippen LogP contribution is 2.24. The van der Waals surface area contributed by atoms with Crippen molar-refractivity contribution in [3.63, 3.8) is 0 Å². The quantitative estimate of drug-likeness (QED) is 0.813. The molecule has 158 valence electrons. The number of hydrogen-bond acceptors (Lipinski definition) is 5. The lowest BCUT2D eigenvalue weighted by molar-refractivity contribution is -0.188. The molecule has 3 rings (SSSR count). The van der Waals surface area contributed by atoms with E-state index in [4.69, 9.17) is 4.74 Å². The molecule has 0 bridgehead atoms. The number of ether oxygens (including phenoxy) is 1. The number of amides is 1. The molecule has 1 amide bonds. The molecule has 11 heteroatoms. The Labute approximate surface area is 163 Å². The average molecular weight is 414 g/mol. The largest absolute Gasteiger partial charge is 0.411 e. The number of halogens is 3. The summed E-state index contributed by atoms with van der Waals surface area (Å²) in [5, 5.41) is 2.89. The highest BCUT2D eigenvalue weighted by Gasteiger charge is 2.31. The van der Waals surface area contributed by atoms with E-state index >= 15 is 0 Å². The minimum Gasteiger partial charge on any atom is -0.369 e. The van der Waals surface area contributed by atoms with Crippen LogP contribution in [0.4, 0.5) is 13.2 Å². The summed E-state index contributed by atoms with van der Waals surface area (Å²) in [6.45, 7) is -1.31. The lowest BCUT2D eigenvalue weighted by Gasteiger charge is -2.30. The maximum Gasteiger partial charge on any atom is 0.411 e. The molecule has 2 atom stereocenters. The molecule has 0 aliphatic heterocycles. The van der Waals surface area contributed by atoms with Crippen LogP contribution < -0.4 is 16.6 Å². The SMILES string of the molecule is Cn1c(=O)c2cc(C(=O)N[C@H]3CCC[C@H](OCC(F)(F)F)C3)cnc2n(C)c1=O. The number of hydrogen-bond donors (Lipinski definition) is 1. The van der Waals surface area contributed by atoms with Crippen molar-refractivity contribution in [3.8, 4) is 0 Å². The third-order valence-corrected chi connectivity index (χ3v) is 5.00. The Morgan fingerprint density at radius 2 is 2.00 bits per heavy atom. The number of nitrogens with zero attached hydrogens (tertiary/aromatic N) is 3. The fourth-order valence-electron chi connectivity index (χ4n) is 3.50. The summed E-state index contributed by atoms with van der Waals surface area (Å²) < 4.78 is 44.0. The Balaban J connectivity index is 1.74. The summed E-state index contributed by atoms with van der Waals surface area (Å²) in [5.41, 5.74) is -0.803. The summed E-state index contributed by atoms with van der Waals surface area (Å²) >= 11 is 0. The molecular weight excluding hydrogens is 393 g/mol. The Kier molecular flexibility index (Phi) is 5.78. The van der Waals surface area contributed by atoms with Crippen LogP contribution in [0.3, 0.4) is 0 Å². The molecule has 0 radical (unpaired) electrons. The van der Waals surface area contributed by atoms with E-state index in [1.165, 1.54) is 30.9 Å². The summed E-state index contributed by atoms with van der Waals surface area (Å²) in [7, 11) is 2.81. The van der Waals surface area contributed by atoms with E-state index in [9.17, 15) is 27.6 Å². The van der Waals surface area contributed by atoms with Gasteiger partial charge in [-0.2, -0.15) is 13.2 Å². The van der Waals surface area contributed by atoms with Gasteiger partial charge in [-0.1, -0.05) is 0 Å². The van der Waals surface area contributed by atoms with Gasteiger partial charge in [0.15, 0.2) is 0 Å². The van der Waals surface area contributed by atoms with Gasteiger partial charge in [-0.15, -0.1) is 0 Å². The van der Waals surface area contributed by atoms with Crippen LogP contribution in [0.1, 0.15) is 36.0 Å². The van der Waals surface area contributed by atoms with E-state index in [1.807, 2.05) is 0 Å². The number of pyridine rings is 1. The summed E-state index contributed by atoms with van der Waals surface area (Å²) in [4.78, 5) is 40.9. The lowest BCUT2D eigenvalue weighted by Crippen LogP contribution is -2.41. The molecule has 0 unspecified atom stereocenters. The van der Waals surface area contributed by atoms with Crippen molar-refractivity contribution in [2.45, 2.75) is 44.0 Å². The highest BCUT2D eigenvalue weighted by atomic mass is 19.4. The van der Waals surface area contributed by atoms with Crippen LogP contribution >= 0.6 is 0 Å². The van der Waals surface area contributed by atoms with Crippen molar-refractivity contribution in [2.75, 3.05) is 6.61 Å². The van der Waals surface area contributed by atoms with E-state index in [2.05, 4.69) is 10.3 Å². The van der Waals surface area contributed by atoms with Gasteiger partial charge in [0.05, 0.1) is 17.1 Å². The van der Waals surface area contributed by atoms with Crippen molar-refractivity contribution in [1.29, 1.82) is 0 Å². The molecule has 1 fully saturated rings. The van der Waals surface area contributed by atoms with Crippen molar-refractivity contribution >= 4 is 16.9 Å². The van der Waals surface area contributed by atoms with Gasteiger partial charge in [-0.05, 0) is 31.7 Å². The molecule has 2 aromatic rings. The predicted molar refractivity (Wildman–Crippen MR) is 97.7 cm³/mol. The molecule has 2 heterocycles. The Morgan fingerprint density at radius 3 is 2.69 bits per heavy atom. The second kappa shape index (κ2) is 7.97. The normalized spacial score (nSPS) is 20.0. The van der Waals surface area contributed by atoms with Gasteiger partial charge in [0.25, 0.3) is 11.5 Å². The first-order valence-electron chi connectivity index (χ1n) is 9.12. The zero-order chi connectivity index (χ0) is 21.3. The van der Waals surface area contributed by atoms with E-state index < -0.39 is 36.0 Å². The fourth-order valence-corrected chi connectivity index (χ4v) is 3.50. The van der Waals surface area contributed by atoms with Crippen molar-refractivity contribution < 1.29 is 22.7 Å². The second-order valence-corrected chi connectivity index (χ2v) is 7.19. The molecule has 2 aromatic heterocycles. The Bertz CT molecular complexity index is 1040. The zero-order valence-corrected chi connectivity index (χ0v) is 16.0. The summed E-state index contributed by atoms with van der Waals surface area (Å²) in [6.07, 6.45) is -1.67. The maximum absolute atomic E-state index is 12.6. The number of alkyl halides is 3. The highest BCUT2D eigenvalue weighted by molar-refractivity contribution is 5.96. The molecule has 0 spiro atoms. The third kappa shape index (κ3) is 4.66. The molecule has 0 aromatic carbocycles. The van der Waals surface area contributed by atoms with Gasteiger partial charge in [-0.25, -0.2) is 9.78 Å². The van der Waals surface area contributed by atoms with Crippen LogP contribution in [0.5, 0.6) is 0 Å².